The number of carbonyl (C=O) groups excluding carboxylic acids is 4. The van der Waals surface area contributed by atoms with E-state index in [1.54, 1.807) is 54.6 Å². The summed E-state index contributed by atoms with van der Waals surface area (Å²) in [5, 5.41) is 38.2. The average molecular weight is 1130 g/mol. The predicted octanol–water partition coefficient (Wildman–Crippen LogP) is 6.28. The molecule has 6 aromatic rings. The minimum atomic E-state index is -2.00. The fourth-order valence-corrected chi connectivity index (χ4v) is 11.3. The number of fused-ring (bicyclic) bond motifs is 2. The second-order valence-electron chi connectivity index (χ2n) is 20.7. The first-order valence-electron chi connectivity index (χ1n) is 27.3. The molecule has 3 N–H and O–H groups in total. The highest BCUT2D eigenvalue weighted by molar-refractivity contribution is 6.22. The standard InChI is InChI=1S/C62H61N5O16/c1-36-51(75-31-37-18-6-2-7-19-37)54(77-33-39-22-10-4-11-23-39)55(78-34-40-24-12-5-13-25-40)62(80-36)79-35-46-52(83-61-47(50(70)49(69)45(30-68)82-61)66-57(71)41-26-14-15-27-42(41)58(66)72)53(76-32-38-20-8-3-9-21-38)48(56(81-46)64-65-63)67-59(73)43-28-16-17-29-44(43)60(67)74/h2-29,36,45-56,61-62,68-70H,30-35H2,1H3/t36-,45+,46+,47+,48+,49+,50+,51+,52+,53+,54+,55-,56+,61-,62+/m0/s1. The number of hydrogen-bond donors (Lipinski definition) is 3. The molecule has 3 fully saturated rings. The molecule has 0 aliphatic carbocycles. The van der Waals surface area contributed by atoms with Crippen molar-refractivity contribution in [2.45, 2.75) is 125 Å². The van der Waals surface area contributed by atoms with Crippen LogP contribution in [0.3, 0.4) is 0 Å². The van der Waals surface area contributed by atoms with Gasteiger partial charge in [0.25, 0.3) is 23.6 Å². The van der Waals surface area contributed by atoms with Crippen LogP contribution in [0.1, 0.15) is 70.6 Å². The normalized spacial score (nSPS) is 29.6. The van der Waals surface area contributed by atoms with Crippen LogP contribution in [0, 0.1) is 0 Å². The molecule has 6 aromatic carbocycles. The van der Waals surface area contributed by atoms with E-state index in [1.165, 1.54) is 24.3 Å². The van der Waals surface area contributed by atoms with Gasteiger partial charge in [-0.1, -0.05) is 151 Å². The van der Waals surface area contributed by atoms with Crippen molar-refractivity contribution in [1.82, 2.24) is 9.80 Å². The number of aliphatic hydroxyl groups excluding tert-OH is 3. The summed E-state index contributed by atoms with van der Waals surface area (Å²) < 4.78 is 60.8. The Labute approximate surface area is 477 Å². The van der Waals surface area contributed by atoms with Crippen molar-refractivity contribution in [1.29, 1.82) is 0 Å². The predicted molar refractivity (Wildman–Crippen MR) is 292 cm³/mol. The van der Waals surface area contributed by atoms with E-state index >= 15 is 0 Å². The summed E-state index contributed by atoms with van der Waals surface area (Å²) in [5.41, 5.74) is 13.6. The number of imide groups is 2. The van der Waals surface area contributed by atoms with Crippen LogP contribution >= 0.6 is 0 Å². The molecule has 4 amide bonds. The van der Waals surface area contributed by atoms with Gasteiger partial charge in [-0.2, -0.15) is 0 Å². The van der Waals surface area contributed by atoms with Crippen LogP contribution in [0.15, 0.2) is 175 Å². The molecule has 0 spiro atoms. The molecule has 0 radical (unpaired) electrons. The van der Waals surface area contributed by atoms with Gasteiger partial charge in [-0.05, 0) is 59.0 Å². The molecule has 430 valence electrons. The number of rotatable bonds is 21. The smallest absolute Gasteiger partial charge is 0.262 e. The molecular weight excluding hydrogens is 1070 g/mol. The lowest BCUT2D eigenvalue weighted by Gasteiger charge is -2.51. The summed E-state index contributed by atoms with van der Waals surface area (Å²) in [6.07, 6.45) is -18.5. The van der Waals surface area contributed by atoms with E-state index in [2.05, 4.69) is 10.0 Å². The molecule has 21 heteroatoms. The van der Waals surface area contributed by atoms with Gasteiger partial charge in [0.1, 0.15) is 67.0 Å². The molecule has 5 aliphatic heterocycles. The largest absolute Gasteiger partial charge is 0.394 e. The van der Waals surface area contributed by atoms with E-state index in [4.69, 9.17) is 42.6 Å². The monoisotopic (exact) mass is 1130 g/mol. The molecule has 0 aromatic heterocycles. The zero-order chi connectivity index (χ0) is 57.6. The van der Waals surface area contributed by atoms with E-state index in [0.29, 0.717) is 5.56 Å². The topological polar surface area (TPSA) is 267 Å². The van der Waals surface area contributed by atoms with Crippen molar-refractivity contribution < 1.29 is 77.1 Å². The molecule has 21 nitrogen and oxygen atoms in total. The van der Waals surface area contributed by atoms with Gasteiger partial charge in [0.15, 0.2) is 18.8 Å². The third-order valence-electron chi connectivity index (χ3n) is 15.5. The molecule has 83 heavy (non-hydrogen) atoms. The number of hydrogen-bond acceptors (Lipinski definition) is 17. The highest BCUT2D eigenvalue weighted by Gasteiger charge is 2.59. The molecule has 15 atom stereocenters. The molecule has 11 rings (SSSR count). The van der Waals surface area contributed by atoms with Gasteiger partial charge in [0, 0.05) is 4.91 Å². The molecule has 0 bridgehead atoms. The van der Waals surface area contributed by atoms with Crippen molar-refractivity contribution in [3.05, 3.63) is 225 Å². The number of carbonyl (C=O) groups is 4. The van der Waals surface area contributed by atoms with E-state index < -0.39 is 129 Å². The third-order valence-corrected chi connectivity index (χ3v) is 15.5. The van der Waals surface area contributed by atoms with Gasteiger partial charge in [0.05, 0.1) is 68.0 Å². The average Bonchev–Trinajstić information content (AvgIpc) is 3.59. The van der Waals surface area contributed by atoms with Crippen molar-refractivity contribution >= 4 is 23.6 Å². The Kier molecular flexibility index (Phi) is 17.9. The lowest BCUT2D eigenvalue weighted by molar-refractivity contribution is -0.343. The van der Waals surface area contributed by atoms with Crippen molar-refractivity contribution in [3.8, 4) is 0 Å². The Morgan fingerprint density at radius 2 is 0.880 bits per heavy atom. The maximum Gasteiger partial charge on any atom is 0.262 e. The van der Waals surface area contributed by atoms with E-state index in [9.17, 15) is 40.0 Å². The van der Waals surface area contributed by atoms with E-state index in [0.717, 1.165) is 26.5 Å². The molecule has 0 saturated carbocycles. The first kappa shape index (κ1) is 57.3. The number of azide groups is 1. The van der Waals surface area contributed by atoms with Gasteiger partial charge in [-0.3, -0.25) is 29.0 Å². The fraction of sp³-hybridized carbons (Fsp3) is 0.355. The number of ether oxygens (including phenoxy) is 9. The Hall–Kier alpha value is -7.57. The lowest BCUT2D eigenvalue weighted by atomic mass is 9.92. The highest BCUT2D eigenvalue weighted by atomic mass is 16.7. The molecule has 5 heterocycles. The number of amides is 4. The van der Waals surface area contributed by atoms with Crippen LogP contribution in [0.25, 0.3) is 10.4 Å². The van der Waals surface area contributed by atoms with E-state index in [-0.39, 0.29) is 48.7 Å². The number of aliphatic hydroxyl groups is 3. The second-order valence-corrected chi connectivity index (χ2v) is 20.7. The fourth-order valence-electron chi connectivity index (χ4n) is 11.3. The SMILES string of the molecule is C[C@@H]1O[C@@H](OC[C@H]2O[C@@H](N=[N+]=[N-])[C@H](N3C(=O)c4ccccc4C3=O)[C@@H](OCc3ccccc3)[C@@H]2O[C@@H]2O[C@H](CO)[C@@H](O)[C@H](O)[C@H]2N2C(=O)c3ccccc3C2=O)[C@@H](OCc2ccccc2)[C@H](OCc2ccccc2)[C@@H]1OCc1ccccc1. The summed E-state index contributed by atoms with van der Waals surface area (Å²) in [5.74, 6) is -3.23. The van der Waals surface area contributed by atoms with Crippen LogP contribution in [0.2, 0.25) is 0 Å². The Bertz CT molecular complexity index is 3200. The summed E-state index contributed by atoms with van der Waals surface area (Å²) in [6, 6.07) is 46.2. The summed E-state index contributed by atoms with van der Waals surface area (Å²) >= 11 is 0. The minimum absolute atomic E-state index is 0.00553. The Balaban J connectivity index is 1.00. The highest BCUT2D eigenvalue weighted by Crippen LogP contribution is 2.41. The van der Waals surface area contributed by atoms with Gasteiger partial charge in [-0.15, -0.1) is 0 Å². The maximum absolute atomic E-state index is 14.7. The first-order valence-corrected chi connectivity index (χ1v) is 27.3. The molecule has 0 unspecified atom stereocenters. The minimum Gasteiger partial charge on any atom is -0.394 e. The lowest BCUT2D eigenvalue weighted by Crippen LogP contribution is -2.70. The zero-order valence-corrected chi connectivity index (χ0v) is 45.0. The summed E-state index contributed by atoms with van der Waals surface area (Å²) in [4.78, 5) is 62.7. The maximum atomic E-state index is 14.7. The molecule has 5 aliphatic rings. The second kappa shape index (κ2) is 25.9. The first-order chi connectivity index (χ1) is 40.5. The van der Waals surface area contributed by atoms with Crippen molar-refractivity contribution in [2.24, 2.45) is 5.11 Å². The Morgan fingerprint density at radius 1 is 0.470 bits per heavy atom. The number of benzene rings is 6. The van der Waals surface area contributed by atoms with Crippen molar-refractivity contribution in [2.75, 3.05) is 13.2 Å². The Morgan fingerprint density at radius 3 is 1.33 bits per heavy atom. The van der Waals surface area contributed by atoms with Gasteiger partial charge in [-0.25, -0.2) is 0 Å². The molecular formula is C62H61N5O16. The van der Waals surface area contributed by atoms with Crippen molar-refractivity contribution in [3.63, 3.8) is 0 Å². The summed E-state index contributed by atoms with van der Waals surface area (Å²) in [6.45, 7) is 0.612. The number of nitrogens with zero attached hydrogens (tertiary/aromatic N) is 5. The zero-order valence-electron chi connectivity index (χ0n) is 45.0. The van der Waals surface area contributed by atoms with Crippen LogP contribution in [0.4, 0.5) is 0 Å². The van der Waals surface area contributed by atoms with Crippen LogP contribution in [-0.2, 0) is 69.1 Å². The quantitative estimate of drug-likeness (QED) is 0.0310. The van der Waals surface area contributed by atoms with Crippen LogP contribution in [0.5, 0.6) is 0 Å². The summed E-state index contributed by atoms with van der Waals surface area (Å²) in [7, 11) is 0. The van der Waals surface area contributed by atoms with Crippen LogP contribution in [-0.4, -0.2) is 154 Å². The van der Waals surface area contributed by atoms with Crippen LogP contribution < -0.4 is 0 Å². The van der Waals surface area contributed by atoms with Gasteiger partial charge >= 0.3 is 0 Å². The van der Waals surface area contributed by atoms with Gasteiger partial charge < -0.3 is 58.0 Å². The third kappa shape index (κ3) is 12.0. The molecule has 3 saturated heterocycles. The van der Waals surface area contributed by atoms with Gasteiger partial charge in [0.2, 0.25) is 0 Å². The van der Waals surface area contributed by atoms with E-state index in [1.807, 2.05) is 97.9 Å².